The van der Waals surface area contributed by atoms with Crippen LogP contribution in [0.25, 0.3) is 0 Å². The fourth-order valence-electron chi connectivity index (χ4n) is 4.49. The summed E-state index contributed by atoms with van der Waals surface area (Å²) in [6, 6.07) is -2.46. The van der Waals surface area contributed by atoms with Gasteiger partial charge in [-0.25, -0.2) is 13.8 Å². The third-order valence-corrected chi connectivity index (χ3v) is 7.48. The highest BCUT2D eigenvalue weighted by molar-refractivity contribution is 7.81. The number of hydrogen-bond donors (Lipinski definition) is 1. The van der Waals surface area contributed by atoms with Crippen molar-refractivity contribution in [1.82, 2.24) is 20.2 Å². The van der Waals surface area contributed by atoms with Crippen LogP contribution in [0.1, 0.15) is 53.4 Å². The summed E-state index contributed by atoms with van der Waals surface area (Å²) in [6.45, 7) is 5.51. The first kappa shape index (κ1) is 31.3. The molecule has 0 aromatic carbocycles. The number of carbonyl (C=O) groups excluding carboxylic acids is 5. The molecule has 3 aliphatic rings. The first-order valence-electron chi connectivity index (χ1n) is 13.0. The van der Waals surface area contributed by atoms with E-state index < -0.39 is 65.4 Å². The van der Waals surface area contributed by atoms with Gasteiger partial charge in [-0.05, 0) is 46.5 Å². The Balaban J connectivity index is 1.48. The lowest BCUT2D eigenvalue weighted by Crippen LogP contribution is -2.54. The SMILES string of the molecule is CCOC(=O)C(C)(C)COS(=O)(=O)ON1C(=O)N2CC1CC[C@H]2C(=O)NC1CCN(C(=O)OCOC(C)=O)CC1. The van der Waals surface area contributed by atoms with Crippen molar-refractivity contribution in [3.8, 4) is 0 Å². The zero-order valence-corrected chi connectivity index (χ0v) is 23.8. The number of hydroxylamine groups is 2. The molecule has 0 aromatic heterocycles. The Morgan fingerprint density at radius 2 is 1.70 bits per heavy atom. The van der Waals surface area contributed by atoms with Gasteiger partial charge in [0.25, 0.3) is 0 Å². The van der Waals surface area contributed by atoms with Crippen LogP contribution in [0.3, 0.4) is 0 Å². The Bertz CT molecular complexity index is 1090. The summed E-state index contributed by atoms with van der Waals surface area (Å²) in [7, 11) is -4.70. The highest BCUT2D eigenvalue weighted by Crippen LogP contribution is 2.31. The Morgan fingerprint density at radius 3 is 2.33 bits per heavy atom. The van der Waals surface area contributed by atoms with Crippen LogP contribution in [0.4, 0.5) is 9.59 Å². The number of ether oxygens (including phenoxy) is 3. The van der Waals surface area contributed by atoms with Gasteiger partial charge in [0.05, 0.1) is 24.7 Å². The molecular formula is C23H36N4O12S. The largest absolute Gasteiger partial charge is 0.466 e. The fourth-order valence-corrected chi connectivity index (χ4v) is 5.35. The van der Waals surface area contributed by atoms with Gasteiger partial charge in [-0.15, -0.1) is 4.28 Å². The van der Waals surface area contributed by atoms with Crippen LogP contribution >= 0.6 is 0 Å². The molecule has 3 fully saturated rings. The lowest BCUT2D eigenvalue weighted by molar-refractivity contribution is -0.155. The Morgan fingerprint density at radius 1 is 1.02 bits per heavy atom. The van der Waals surface area contributed by atoms with Gasteiger partial charge in [0, 0.05) is 32.6 Å². The van der Waals surface area contributed by atoms with Crippen molar-refractivity contribution in [2.45, 2.75) is 71.5 Å². The number of carbonyl (C=O) groups is 5. The quantitative estimate of drug-likeness (QED) is 0.255. The van der Waals surface area contributed by atoms with Crippen molar-refractivity contribution in [2.24, 2.45) is 5.41 Å². The first-order valence-corrected chi connectivity index (χ1v) is 14.3. The van der Waals surface area contributed by atoms with Crippen molar-refractivity contribution >= 4 is 40.4 Å². The van der Waals surface area contributed by atoms with Gasteiger partial charge in [0.1, 0.15) is 6.04 Å². The summed E-state index contributed by atoms with van der Waals surface area (Å²) in [5, 5.41) is 3.60. The molecule has 3 heterocycles. The summed E-state index contributed by atoms with van der Waals surface area (Å²) < 4.78 is 49.0. The van der Waals surface area contributed by atoms with Crippen LogP contribution in [-0.2, 0) is 47.5 Å². The van der Waals surface area contributed by atoms with E-state index in [0.29, 0.717) is 43.8 Å². The van der Waals surface area contributed by atoms with Gasteiger partial charge in [-0.3, -0.25) is 14.4 Å². The molecule has 0 aromatic rings. The number of likely N-dealkylation sites (tertiary alicyclic amines) is 1. The molecular weight excluding hydrogens is 556 g/mol. The van der Waals surface area contributed by atoms with Crippen molar-refractivity contribution in [3.05, 3.63) is 0 Å². The minimum absolute atomic E-state index is 0.0907. The number of fused-ring (bicyclic) bond motifs is 2. The van der Waals surface area contributed by atoms with E-state index in [4.69, 9.17) is 17.9 Å². The maximum atomic E-state index is 13.0. The van der Waals surface area contributed by atoms with Gasteiger partial charge in [-0.1, -0.05) is 0 Å². The van der Waals surface area contributed by atoms with Gasteiger partial charge in [0.15, 0.2) is 0 Å². The Hall–Kier alpha value is -3.18. The number of urea groups is 1. The average molecular weight is 593 g/mol. The van der Waals surface area contributed by atoms with E-state index in [1.54, 1.807) is 6.92 Å². The topological polar surface area (TPSA) is 187 Å². The van der Waals surface area contributed by atoms with Crippen molar-refractivity contribution in [1.29, 1.82) is 0 Å². The number of piperidine rings is 2. The van der Waals surface area contributed by atoms with E-state index in [-0.39, 0.29) is 25.1 Å². The van der Waals surface area contributed by atoms with Crippen LogP contribution in [0.2, 0.25) is 0 Å². The molecule has 226 valence electrons. The van der Waals surface area contributed by atoms with E-state index in [2.05, 4.69) is 10.1 Å². The molecule has 1 unspecified atom stereocenters. The van der Waals surface area contributed by atoms with E-state index in [0.717, 1.165) is 0 Å². The lowest BCUT2D eigenvalue weighted by Gasteiger charge is -2.34. The summed E-state index contributed by atoms with van der Waals surface area (Å²) in [5.74, 6) is -1.61. The lowest BCUT2D eigenvalue weighted by atomic mass is 9.95. The summed E-state index contributed by atoms with van der Waals surface area (Å²) in [6.07, 6.45) is 0.877. The monoisotopic (exact) mass is 592 g/mol. The van der Waals surface area contributed by atoms with Crippen molar-refractivity contribution in [2.75, 3.05) is 39.6 Å². The number of amides is 4. The van der Waals surface area contributed by atoms with Gasteiger partial charge in [-0.2, -0.15) is 13.5 Å². The molecule has 2 bridgehead atoms. The second kappa shape index (κ2) is 13.0. The van der Waals surface area contributed by atoms with E-state index in [1.165, 1.54) is 30.6 Å². The number of nitrogens with one attached hydrogen (secondary N) is 1. The fraction of sp³-hybridized carbons (Fsp3) is 0.783. The molecule has 3 saturated heterocycles. The Kier molecular flexibility index (Phi) is 10.2. The summed E-state index contributed by atoms with van der Waals surface area (Å²) in [5.41, 5.74) is -1.27. The average Bonchev–Trinajstić information content (AvgIpc) is 3.12. The predicted octanol–water partition coefficient (Wildman–Crippen LogP) is 0.275. The molecule has 3 rings (SSSR count). The molecule has 3 aliphatic heterocycles. The molecule has 0 aliphatic carbocycles. The summed E-state index contributed by atoms with van der Waals surface area (Å²) >= 11 is 0. The second-order valence-corrected chi connectivity index (χ2v) is 11.5. The van der Waals surface area contributed by atoms with Crippen LogP contribution in [-0.4, -0.2) is 111 Å². The van der Waals surface area contributed by atoms with Gasteiger partial charge in [0.2, 0.25) is 12.7 Å². The highest BCUT2D eigenvalue weighted by Gasteiger charge is 2.50. The van der Waals surface area contributed by atoms with E-state index in [1.807, 2.05) is 0 Å². The predicted molar refractivity (Wildman–Crippen MR) is 133 cm³/mol. The van der Waals surface area contributed by atoms with Crippen LogP contribution in [0.5, 0.6) is 0 Å². The van der Waals surface area contributed by atoms with Crippen LogP contribution < -0.4 is 5.32 Å². The van der Waals surface area contributed by atoms with Gasteiger partial charge < -0.3 is 29.3 Å². The zero-order valence-electron chi connectivity index (χ0n) is 23.0. The minimum Gasteiger partial charge on any atom is -0.466 e. The number of hydrogen-bond acceptors (Lipinski definition) is 12. The first-order chi connectivity index (χ1) is 18.7. The van der Waals surface area contributed by atoms with E-state index in [9.17, 15) is 32.4 Å². The molecule has 0 radical (unpaired) electrons. The van der Waals surface area contributed by atoms with E-state index >= 15 is 0 Å². The smallest absolute Gasteiger partial charge is 0.421 e. The molecule has 0 spiro atoms. The number of nitrogens with zero attached hydrogens (tertiary/aromatic N) is 3. The highest BCUT2D eigenvalue weighted by atomic mass is 32.3. The summed E-state index contributed by atoms with van der Waals surface area (Å²) in [4.78, 5) is 63.5. The minimum atomic E-state index is -4.70. The van der Waals surface area contributed by atoms with Crippen LogP contribution in [0, 0.1) is 5.41 Å². The number of rotatable bonds is 11. The molecule has 2 atom stereocenters. The molecule has 40 heavy (non-hydrogen) atoms. The number of esters is 2. The van der Waals surface area contributed by atoms with Crippen LogP contribution in [0.15, 0.2) is 0 Å². The zero-order chi connectivity index (χ0) is 29.7. The molecule has 0 saturated carbocycles. The molecule has 1 N–H and O–H groups in total. The molecule has 16 nitrogen and oxygen atoms in total. The second-order valence-electron chi connectivity index (χ2n) is 10.3. The maximum absolute atomic E-state index is 13.0. The van der Waals surface area contributed by atoms with Crippen molar-refractivity contribution in [3.63, 3.8) is 0 Å². The normalized spacial score (nSPS) is 21.7. The Labute approximate surface area is 232 Å². The third kappa shape index (κ3) is 7.94. The molecule has 17 heteroatoms. The standard InChI is InChI=1S/C23H36N4O12S/c1-5-35-20(30)23(3,4)13-38-40(33,34)39-27-17-6-7-18(26(12-17)21(27)31)19(29)24-16-8-10-25(11-9-16)22(32)37-14-36-15(2)28/h16-18H,5-14H2,1-4H3,(H,24,29)/t17?,18-/m0/s1. The van der Waals surface area contributed by atoms with Crippen molar-refractivity contribution < 1.29 is 55.1 Å². The molecule has 4 amide bonds. The van der Waals surface area contributed by atoms with Gasteiger partial charge >= 0.3 is 34.5 Å². The maximum Gasteiger partial charge on any atom is 0.421 e. The third-order valence-electron chi connectivity index (χ3n) is 6.73.